The van der Waals surface area contributed by atoms with Crippen molar-refractivity contribution in [3.8, 4) is 17.2 Å². The predicted octanol–water partition coefficient (Wildman–Crippen LogP) is 3.02. The molecule has 4 rings (SSSR count). The van der Waals surface area contributed by atoms with E-state index in [-0.39, 0.29) is 17.9 Å². The normalized spacial score (nSPS) is 12.3. The van der Waals surface area contributed by atoms with Gasteiger partial charge in [0.15, 0.2) is 16.7 Å². The number of rotatable bonds is 7. The third-order valence-electron chi connectivity index (χ3n) is 4.45. The van der Waals surface area contributed by atoms with Crippen molar-refractivity contribution in [1.82, 2.24) is 9.97 Å². The average Bonchev–Trinajstić information content (AvgIpc) is 2.77. The van der Waals surface area contributed by atoms with Crippen molar-refractivity contribution in [1.29, 1.82) is 0 Å². The summed E-state index contributed by atoms with van der Waals surface area (Å²) in [6.07, 6.45) is -0.0227. The van der Waals surface area contributed by atoms with Crippen molar-refractivity contribution in [3.05, 3.63) is 70.1 Å². The van der Waals surface area contributed by atoms with Crippen LogP contribution >= 0.6 is 11.8 Å². The van der Waals surface area contributed by atoms with Gasteiger partial charge in [-0.15, -0.1) is 0 Å². The molecule has 2 aromatic carbocycles. The van der Waals surface area contributed by atoms with Gasteiger partial charge in [-0.25, -0.2) is 4.98 Å². The molecule has 3 aromatic rings. The highest BCUT2D eigenvalue weighted by Crippen LogP contribution is 2.32. The summed E-state index contributed by atoms with van der Waals surface area (Å²) in [6, 6.07) is 14.2. The number of nitrogens with one attached hydrogen (secondary N) is 2. The van der Waals surface area contributed by atoms with Crippen LogP contribution in [0.15, 0.2) is 58.5 Å². The van der Waals surface area contributed by atoms with Gasteiger partial charge in [0.25, 0.3) is 5.56 Å². The lowest BCUT2D eigenvalue weighted by molar-refractivity contribution is -0.115. The minimum absolute atomic E-state index is 0.0227. The number of thioether (sulfide) groups is 1. The van der Waals surface area contributed by atoms with Crippen molar-refractivity contribution >= 4 is 23.4 Å². The van der Waals surface area contributed by atoms with Gasteiger partial charge in [-0.05, 0) is 29.8 Å². The minimum atomic E-state index is -0.301. The summed E-state index contributed by atoms with van der Waals surface area (Å²) in [7, 11) is 1.62. The molecule has 0 radical (unpaired) electrons. The first kappa shape index (κ1) is 20.8. The van der Waals surface area contributed by atoms with Crippen LogP contribution in [0.1, 0.15) is 11.3 Å². The Morgan fingerprint density at radius 3 is 2.84 bits per heavy atom. The minimum Gasteiger partial charge on any atom is -0.497 e. The lowest BCUT2D eigenvalue weighted by Gasteiger charge is -2.19. The maximum atomic E-state index is 12.5. The van der Waals surface area contributed by atoms with Crippen molar-refractivity contribution in [2.75, 3.05) is 25.6 Å². The molecule has 1 aromatic heterocycles. The van der Waals surface area contributed by atoms with E-state index in [1.54, 1.807) is 25.3 Å². The molecule has 0 bridgehead atoms. The van der Waals surface area contributed by atoms with Crippen LogP contribution in [-0.2, 0) is 17.0 Å². The highest BCUT2D eigenvalue weighted by Gasteiger charge is 2.14. The number of fused-ring (bicyclic) bond motifs is 1. The number of aromatic nitrogens is 2. The Labute approximate surface area is 183 Å². The molecule has 9 heteroatoms. The van der Waals surface area contributed by atoms with E-state index in [0.717, 1.165) is 11.3 Å². The zero-order chi connectivity index (χ0) is 21.6. The number of nitrogens with zero attached hydrogens (tertiary/aromatic N) is 1. The fourth-order valence-corrected chi connectivity index (χ4v) is 3.88. The summed E-state index contributed by atoms with van der Waals surface area (Å²) in [5, 5.41) is 3.26. The highest BCUT2D eigenvalue weighted by atomic mass is 32.2. The van der Waals surface area contributed by atoms with E-state index >= 15 is 0 Å². The third-order valence-corrected chi connectivity index (χ3v) is 5.39. The maximum absolute atomic E-state index is 12.5. The van der Waals surface area contributed by atoms with Crippen molar-refractivity contribution in [3.63, 3.8) is 0 Å². The van der Waals surface area contributed by atoms with E-state index in [9.17, 15) is 9.59 Å². The topological polar surface area (TPSA) is 103 Å². The molecule has 8 nitrogen and oxygen atoms in total. The quantitative estimate of drug-likeness (QED) is 0.431. The Balaban J connectivity index is 1.39. The first-order valence-corrected chi connectivity index (χ1v) is 10.6. The number of hydrogen-bond acceptors (Lipinski definition) is 7. The van der Waals surface area contributed by atoms with E-state index in [4.69, 9.17) is 14.2 Å². The maximum Gasteiger partial charge on any atom is 0.251 e. The molecule has 1 amide bonds. The molecule has 0 fully saturated rings. The van der Waals surface area contributed by atoms with Crippen LogP contribution in [0, 0.1) is 0 Å². The monoisotopic (exact) mass is 439 g/mol. The standard InChI is InChI=1S/C22H21N3O5S/c1-28-17-4-2-3-14(9-17)13-31-22-24-16(12-21(27)25-22)11-20(26)23-15-5-6-18-19(10-15)30-8-7-29-18/h2-6,9-10,12H,7-8,11,13H2,1H3,(H,23,26)(H,24,25,27). The summed E-state index contributed by atoms with van der Waals surface area (Å²) in [5.74, 6) is 2.34. The SMILES string of the molecule is COc1cccc(CSc2nc(CC(=O)Nc3ccc4c(c3)OCCO4)cc(=O)[nH]2)c1. The lowest BCUT2D eigenvalue weighted by atomic mass is 10.2. The second-order valence-electron chi connectivity index (χ2n) is 6.77. The second kappa shape index (κ2) is 9.57. The van der Waals surface area contributed by atoms with Crippen LogP contribution in [0.4, 0.5) is 5.69 Å². The summed E-state index contributed by atoms with van der Waals surface area (Å²) >= 11 is 1.38. The fraction of sp³-hybridized carbons (Fsp3) is 0.227. The number of anilines is 1. The van der Waals surface area contributed by atoms with E-state index in [1.807, 2.05) is 24.3 Å². The Morgan fingerprint density at radius 2 is 2.00 bits per heavy atom. The van der Waals surface area contributed by atoms with E-state index in [1.165, 1.54) is 17.8 Å². The van der Waals surface area contributed by atoms with Gasteiger partial charge in [0.1, 0.15) is 19.0 Å². The number of carbonyl (C=O) groups excluding carboxylic acids is 1. The molecule has 0 aliphatic carbocycles. The molecular formula is C22H21N3O5S. The second-order valence-corrected chi connectivity index (χ2v) is 7.73. The first-order valence-electron chi connectivity index (χ1n) is 9.64. The molecule has 2 heterocycles. The summed E-state index contributed by atoms with van der Waals surface area (Å²) in [5.41, 5.74) is 1.72. The lowest BCUT2D eigenvalue weighted by Crippen LogP contribution is -2.19. The number of carbonyl (C=O) groups is 1. The fourth-order valence-electron chi connectivity index (χ4n) is 3.05. The van der Waals surface area contributed by atoms with Crippen LogP contribution < -0.4 is 25.1 Å². The molecule has 31 heavy (non-hydrogen) atoms. The zero-order valence-electron chi connectivity index (χ0n) is 16.8. The Hall–Kier alpha value is -3.46. The van der Waals surface area contributed by atoms with Crippen LogP contribution in [0.3, 0.4) is 0 Å². The van der Waals surface area contributed by atoms with Gasteiger partial charge in [-0.1, -0.05) is 23.9 Å². The van der Waals surface area contributed by atoms with Gasteiger partial charge in [0.2, 0.25) is 5.91 Å². The molecule has 160 valence electrons. The molecule has 0 unspecified atom stereocenters. The van der Waals surface area contributed by atoms with Crippen molar-refractivity contribution < 1.29 is 19.0 Å². The van der Waals surface area contributed by atoms with Gasteiger partial charge < -0.3 is 24.5 Å². The molecule has 0 spiro atoms. The number of aromatic amines is 1. The Bertz CT molecular complexity index is 1150. The van der Waals surface area contributed by atoms with Gasteiger partial charge >= 0.3 is 0 Å². The largest absolute Gasteiger partial charge is 0.497 e. The van der Waals surface area contributed by atoms with Crippen LogP contribution in [0.2, 0.25) is 0 Å². The number of hydrogen-bond donors (Lipinski definition) is 2. The number of methoxy groups -OCH3 is 1. The Morgan fingerprint density at radius 1 is 1.16 bits per heavy atom. The van der Waals surface area contributed by atoms with Gasteiger partial charge in [0, 0.05) is 23.6 Å². The van der Waals surface area contributed by atoms with Gasteiger partial charge in [-0.3, -0.25) is 9.59 Å². The summed E-state index contributed by atoms with van der Waals surface area (Å²) < 4.78 is 16.2. The van der Waals surface area contributed by atoms with E-state index < -0.39 is 0 Å². The first-order chi connectivity index (χ1) is 15.1. The Kier molecular flexibility index (Phi) is 6.42. The average molecular weight is 439 g/mol. The highest BCUT2D eigenvalue weighted by molar-refractivity contribution is 7.98. The number of ether oxygens (including phenoxy) is 3. The van der Waals surface area contributed by atoms with E-state index in [2.05, 4.69) is 15.3 Å². The third kappa shape index (κ3) is 5.58. The molecule has 1 aliphatic heterocycles. The van der Waals surface area contributed by atoms with Crippen molar-refractivity contribution in [2.24, 2.45) is 0 Å². The van der Waals surface area contributed by atoms with Gasteiger partial charge in [-0.2, -0.15) is 0 Å². The number of amides is 1. The summed E-state index contributed by atoms with van der Waals surface area (Å²) in [4.78, 5) is 31.6. The molecule has 0 atom stereocenters. The smallest absolute Gasteiger partial charge is 0.251 e. The van der Waals surface area contributed by atoms with Crippen LogP contribution in [-0.4, -0.2) is 36.2 Å². The van der Waals surface area contributed by atoms with Crippen LogP contribution in [0.5, 0.6) is 17.2 Å². The summed E-state index contributed by atoms with van der Waals surface area (Å²) in [6.45, 7) is 0.975. The molecule has 2 N–H and O–H groups in total. The van der Waals surface area contributed by atoms with Crippen LogP contribution in [0.25, 0.3) is 0 Å². The van der Waals surface area contributed by atoms with Crippen molar-refractivity contribution in [2.45, 2.75) is 17.3 Å². The molecule has 1 aliphatic rings. The van der Waals surface area contributed by atoms with E-state index in [0.29, 0.717) is 47.0 Å². The zero-order valence-corrected chi connectivity index (χ0v) is 17.7. The predicted molar refractivity (Wildman–Crippen MR) is 117 cm³/mol. The molecule has 0 saturated heterocycles. The number of benzene rings is 2. The molecular weight excluding hydrogens is 418 g/mol. The molecule has 0 saturated carbocycles. The van der Waals surface area contributed by atoms with Gasteiger partial charge in [0.05, 0.1) is 19.2 Å². The number of H-pyrrole nitrogens is 1.